The number of rotatable bonds is 4. The molecule has 21 heavy (non-hydrogen) atoms. The number of benzene rings is 2. The van der Waals surface area contributed by atoms with E-state index < -0.39 is 23.1 Å². The normalized spacial score (nSPS) is 10.4. The smallest absolute Gasteiger partial charge is 0.251 e. The van der Waals surface area contributed by atoms with Crippen LogP contribution in [-0.2, 0) is 6.54 Å². The zero-order chi connectivity index (χ0) is 15.6. The molecule has 2 aromatic rings. The summed E-state index contributed by atoms with van der Waals surface area (Å²) in [6, 6.07) is 6.26. The maximum Gasteiger partial charge on any atom is 0.251 e. The van der Waals surface area contributed by atoms with Crippen LogP contribution in [0.3, 0.4) is 0 Å². The van der Waals surface area contributed by atoms with E-state index in [1.54, 1.807) is 12.1 Å². The molecule has 7 heteroatoms. The Morgan fingerprint density at radius 3 is 2.67 bits per heavy atom. The van der Waals surface area contributed by atoms with Crippen molar-refractivity contribution in [1.82, 2.24) is 0 Å². The largest absolute Gasteiger partial charge is 0.506 e. The SMILES string of the molecule is NC(=O)c1cc(NCc2cccc(Cl)c2O)c(F)cc1F. The molecule has 0 radical (unpaired) electrons. The second-order valence-electron chi connectivity index (χ2n) is 4.28. The molecule has 0 aliphatic carbocycles. The number of carbonyl (C=O) groups excluding carboxylic acids is 1. The summed E-state index contributed by atoms with van der Waals surface area (Å²) in [5.41, 5.74) is 4.89. The first kappa shape index (κ1) is 15.1. The van der Waals surface area contributed by atoms with Crippen LogP contribution in [0.5, 0.6) is 5.75 Å². The van der Waals surface area contributed by atoms with Crippen LogP contribution in [0.15, 0.2) is 30.3 Å². The Labute approximate surface area is 124 Å². The summed E-state index contributed by atoms with van der Waals surface area (Å²) < 4.78 is 27.0. The van der Waals surface area contributed by atoms with E-state index in [0.717, 1.165) is 6.07 Å². The molecular formula is C14H11ClF2N2O2. The molecule has 0 bridgehead atoms. The molecule has 0 aromatic heterocycles. The predicted octanol–water partition coefficient (Wildman–Crippen LogP) is 3.03. The van der Waals surface area contributed by atoms with Crippen LogP contribution in [-0.4, -0.2) is 11.0 Å². The van der Waals surface area contributed by atoms with Crippen molar-refractivity contribution in [2.24, 2.45) is 5.73 Å². The molecule has 0 aliphatic heterocycles. The van der Waals surface area contributed by atoms with Gasteiger partial charge in [-0.05, 0) is 12.1 Å². The standard InChI is InChI=1S/C14H11ClF2N2O2/c15-9-3-1-2-7(13(9)20)6-19-12-4-8(14(18)21)10(16)5-11(12)17/h1-5,19-20H,6H2,(H2,18,21). The molecule has 0 fully saturated rings. The van der Waals surface area contributed by atoms with Gasteiger partial charge in [0.05, 0.1) is 16.3 Å². The highest BCUT2D eigenvalue weighted by Gasteiger charge is 2.14. The lowest BCUT2D eigenvalue weighted by molar-refractivity contribution is 0.0996. The monoisotopic (exact) mass is 312 g/mol. The quantitative estimate of drug-likeness (QED) is 0.812. The number of amides is 1. The maximum absolute atomic E-state index is 13.6. The first-order valence-electron chi connectivity index (χ1n) is 5.89. The van der Waals surface area contributed by atoms with Crippen molar-refractivity contribution in [3.63, 3.8) is 0 Å². The molecule has 2 rings (SSSR count). The molecule has 0 spiro atoms. The van der Waals surface area contributed by atoms with Crippen LogP contribution in [0.25, 0.3) is 0 Å². The Morgan fingerprint density at radius 1 is 1.29 bits per heavy atom. The van der Waals surface area contributed by atoms with Crippen LogP contribution in [0.2, 0.25) is 5.02 Å². The number of para-hydroxylation sites is 1. The summed E-state index contributed by atoms with van der Waals surface area (Å²) in [6.07, 6.45) is 0. The Balaban J connectivity index is 2.26. The third-order valence-corrected chi connectivity index (χ3v) is 3.17. The molecule has 2 aromatic carbocycles. The summed E-state index contributed by atoms with van der Waals surface area (Å²) in [5, 5.41) is 12.5. The molecule has 4 N–H and O–H groups in total. The number of hydrogen-bond acceptors (Lipinski definition) is 3. The van der Waals surface area contributed by atoms with E-state index in [1.807, 2.05) is 0 Å². The van der Waals surface area contributed by atoms with Crippen LogP contribution in [0.1, 0.15) is 15.9 Å². The highest BCUT2D eigenvalue weighted by Crippen LogP contribution is 2.28. The summed E-state index contributed by atoms with van der Waals surface area (Å²) in [5.74, 6) is -3.04. The van der Waals surface area contributed by atoms with Gasteiger partial charge in [0.15, 0.2) is 0 Å². The van der Waals surface area contributed by atoms with Gasteiger partial charge in [0.25, 0.3) is 5.91 Å². The number of aromatic hydroxyl groups is 1. The molecule has 0 saturated heterocycles. The Kier molecular flexibility index (Phi) is 4.28. The fraction of sp³-hybridized carbons (Fsp3) is 0.0714. The molecule has 4 nitrogen and oxygen atoms in total. The van der Waals surface area contributed by atoms with Gasteiger partial charge >= 0.3 is 0 Å². The minimum atomic E-state index is -1.03. The second-order valence-corrected chi connectivity index (χ2v) is 4.68. The Bertz CT molecular complexity index is 708. The van der Waals surface area contributed by atoms with Gasteiger partial charge in [0, 0.05) is 18.2 Å². The fourth-order valence-electron chi connectivity index (χ4n) is 1.77. The minimum absolute atomic E-state index is 0.0349. The van der Waals surface area contributed by atoms with Crippen LogP contribution in [0, 0.1) is 11.6 Å². The summed E-state index contributed by atoms with van der Waals surface area (Å²) in [6.45, 7) is 0.0349. The number of primary amides is 1. The lowest BCUT2D eigenvalue weighted by Gasteiger charge is -2.11. The average molecular weight is 313 g/mol. The van der Waals surface area contributed by atoms with E-state index >= 15 is 0 Å². The van der Waals surface area contributed by atoms with Crippen molar-refractivity contribution in [3.8, 4) is 5.75 Å². The zero-order valence-electron chi connectivity index (χ0n) is 10.7. The van der Waals surface area contributed by atoms with Crippen molar-refractivity contribution < 1.29 is 18.7 Å². The second kappa shape index (κ2) is 5.97. The van der Waals surface area contributed by atoms with Gasteiger partial charge in [-0.25, -0.2) is 8.78 Å². The van der Waals surface area contributed by atoms with E-state index in [1.165, 1.54) is 6.07 Å². The first-order valence-corrected chi connectivity index (χ1v) is 6.27. The number of carbonyl (C=O) groups is 1. The average Bonchev–Trinajstić information content (AvgIpc) is 2.41. The lowest BCUT2D eigenvalue weighted by Crippen LogP contribution is -2.14. The van der Waals surface area contributed by atoms with Crippen molar-refractivity contribution >= 4 is 23.2 Å². The van der Waals surface area contributed by atoms with E-state index in [2.05, 4.69) is 5.32 Å². The third-order valence-electron chi connectivity index (χ3n) is 2.86. The predicted molar refractivity (Wildman–Crippen MR) is 75.3 cm³/mol. The van der Waals surface area contributed by atoms with Crippen LogP contribution in [0.4, 0.5) is 14.5 Å². The fourth-order valence-corrected chi connectivity index (χ4v) is 1.96. The Hall–Kier alpha value is -2.34. The van der Waals surface area contributed by atoms with E-state index in [4.69, 9.17) is 17.3 Å². The number of nitrogens with one attached hydrogen (secondary N) is 1. The summed E-state index contributed by atoms with van der Waals surface area (Å²) in [7, 11) is 0. The molecule has 0 atom stereocenters. The van der Waals surface area contributed by atoms with Gasteiger partial charge in [-0.3, -0.25) is 4.79 Å². The summed E-state index contributed by atoms with van der Waals surface area (Å²) >= 11 is 5.75. The van der Waals surface area contributed by atoms with Gasteiger partial charge in [-0.2, -0.15) is 0 Å². The number of phenolic OH excluding ortho intramolecular Hbond substituents is 1. The number of anilines is 1. The van der Waals surface area contributed by atoms with E-state index in [9.17, 15) is 18.7 Å². The summed E-state index contributed by atoms with van der Waals surface area (Å²) in [4.78, 5) is 11.0. The topological polar surface area (TPSA) is 75.4 Å². The van der Waals surface area contributed by atoms with Crippen molar-refractivity contribution in [2.75, 3.05) is 5.32 Å². The number of phenols is 1. The molecule has 0 unspecified atom stereocenters. The van der Waals surface area contributed by atoms with Crippen molar-refractivity contribution in [1.29, 1.82) is 0 Å². The molecule has 0 aliphatic rings. The van der Waals surface area contributed by atoms with Gasteiger partial charge in [-0.15, -0.1) is 0 Å². The first-order chi connectivity index (χ1) is 9.90. The molecule has 0 saturated carbocycles. The van der Waals surface area contributed by atoms with Crippen LogP contribution >= 0.6 is 11.6 Å². The van der Waals surface area contributed by atoms with Crippen LogP contribution < -0.4 is 11.1 Å². The minimum Gasteiger partial charge on any atom is -0.506 e. The van der Waals surface area contributed by atoms with Crippen molar-refractivity contribution in [2.45, 2.75) is 6.54 Å². The molecule has 0 heterocycles. The van der Waals surface area contributed by atoms with Gasteiger partial charge in [0.1, 0.15) is 17.4 Å². The maximum atomic E-state index is 13.6. The number of halogens is 3. The zero-order valence-corrected chi connectivity index (χ0v) is 11.4. The lowest BCUT2D eigenvalue weighted by atomic mass is 10.1. The highest BCUT2D eigenvalue weighted by molar-refractivity contribution is 6.32. The number of nitrogens with two attached hydrogens (primary N) is 1. The number of hydrogen-bond donors (Lipinski definition) is 3. The van der Waals surface area contributed by atoms with Gasteiger partial charge < -0.3 is 16.2 Å². The van der Waals surface area contributed by atoms with E-state index in [-0.39, 0.29) is 23.0 Å². The third kappa shape index (κ3) is 3.22. The molecular weight excluding hydrogens is 302 g/mol. The van der Waals surface area contributed by atoms with Gasteiger partial charge in [-0.1, -0.05) is 23.7 Å². The molecule has 110 valence electrons. The highest BCUT2D eigenvalue weighted by atomic mass is 35.5. The van der Waals surface area contributed by atoms with Gasteiger partial charge in [0.2, 0.25) is 0 Å². The Morgan fingerprint density at radius 2 is 2.00 bits per heavy atom. The van der Waals surface area contributed by atoms with Crippen molar-refractivity contribution in [3.05, 3.63) is 58.1 Å². The van der Waals surface area contributed by atoms with E-state index in [0.29, 0.717) is 11.6 Å². The molecule has 1 amide bonds.